The summed E-state index contributed by atoms with van der Waals surface area (Å²) in [7, 11) is 0. The van der Waals surface area contributed by atoms with Crippen molar-refractivity contribution in [2.75, 3.05) is 0 Å². The Morgan fingerprint density at radius 1 is 1.60 bits per heavy atom. The van der Waals surface area contributed by atoms with E-state index in [1.165, 1.54) is 6.08 Å². The summed E-state index contributed by atoms with van der Waals surface area (Å²) >= 11 is 9.05. The molecule has 0 spiro atoms. The van der Waals surface area contributed by atoms with Gasteiger partial charge in [0.1, 0.15) is 11.6 Å². The van der Waals surface area contributed by atoms with Crippen LogP contribution in [0.15, 0.2) is 28.2 Å². The van der Waals surface area contributed by atoms with Crippen LogP contribution < -0.4 is 5.73 Å². The van der Waals surface area contributed by atoms with Gasteiger partial charge < -0.3 is 5.73 Å². The van der Waals surface area contributed by atoms with Crippen molar-refractivity contribution in [2.24, 2.45) is 5.73 Å². The van der Waals surface area contributed by atoms with Gasteiger partial charge in [-0.25, -0.2) is 0 Å². The molecule has 5 heteroatoms. The third kappa shape index (κ3) is 3.08. The number of benzene rings is 1. The van der Waals surface area contributed by atoms with Crippen LogP contribution in [0.3, 0.4) is 0 Å². The Labute approximate surface area is 100 Å². The smallest absolute Gasteiger partial charge is 0.259 e. The third-order valence-corrected chi connectivity index (χ3v) is 2.60. The van der Waals surface area contributed by atoms with Gasteiger partial charge in [0.2, 0.25) is 0 Å². The summed E-state index contributed by atoms with van der Waals surface area (Å²) in [4.78, 5) is 10.8. The van der Waals surface area contributed by atoms with Gasteiger partial charge in [0, 0.05) is 9.50 Å². The molecule has 0 aliphatic heterocycles. The lowest BCUT2D eigenvalue weighted by Gasteiger charge is -1.99. The quantitative estimate of drug-likeness (QED) is 0.670. The summed E-state index contributed by atoms with van der Waals surface area (Å²) in [5.74, 6) is -0.760. The van der Waals surface area contributed by atoms with Crippen molar-refractivity contribution < 1.29 is 4.79 Å². The van der Waals surface area contributed by atoms with Crippen LogP contribution in [0.5, 0.6) is 0 Å². The molecule has 1 amide bonds. The fraction of sp³-hybridized carbons (Fsp3) is 0. The Kier molecular flexibility index (Phi) is 3.89. The summed E-state index contributed by atoms with van der Waals surface area (Å²) in [6, 6.07) is 6.77. The van der Waals surface area contributed by atoms with Gasteiger partial charge in [-0.2, -0.15) is 5.26 Å². The average Bonchev–Trinajstić information content (AvgIpc) is 2.18. The molecule has 1 rings (SSSR count). The first-order chi connectivity index (χ1) is 7.04. The maximum absolute atomic E-state index is 10.8. The minimum absolute atomic E-state index is 0.113. The van der Waals surface area contributed by atoms with Gasteiger partial charge in [-0.1, -0.05) is 27.5 Å². The summed E-state index contributed by atoms with van der Waals surface area (Å²) in [6.07, 6.45) is 1.39. The van der Waals surface area contributed by atoms with Crippen LogP contribution in [0.4, 0.5) is 0 Å². The SMILES string of the molecule is N#C/C(=C\c1cc(Cl)ccc1Br)C(N)=O. The molecule has 1 aromatic carbocycles. The van der Waals surface area contributed by atoms with E-state index in [-0.39, 0.29) is 5.57 Å². The molecule has 3 nitrogen and oxygen atoms in total. The Hall–Kier alpha value is -1.31. The molecule has 76 valence electrons. The van der Waals surface area contributed by atoms with Crippen molar-refractivity contribution >= 4 is 39.5 Å². The number of amides is 1. The van der Waals surface area contributed by atoms with Crippen molar-refractivity contribution in [2.45, 2.75) is 0 Å². The molecule has 0 radical (unpaired) electrons. The molecular weight excluding hydrogens is 279 g/mol. The molecule has 0 heterocycles. The zero-order valence-corrected chi connectivity index (χ0v) is 9.84. The van der Waals surface area contributed by atoms with E-state index in [4.69, 9.17) is 22.6 Å². The van der Waals surface area contributed by atoms with Gasteiger partial charge >= 0.3 is 0 Å². The first kappa shape index (κ1) is 11.8. The number of carbonyl (C=O) groups is 1. The van der Waals surface area contributed by atoms with E-state index in [0.717, 1.165) is 4.47 Å². The van der Waals surface area contributed by atoms with Crippen molar-refractivity contribution in [3.05, 3.63) is 38.8 Å². The lowest BCUT2D eigenvalue weighted by atomic mass is 10.1. The Morgan fingerprint density at radius 3 is 2.80 bits per heavy atom. The minimum atomic E-state index is -0.760. The molecule has 0 aromatic heterocycles. The predicted octanol–water partition coefficient (Wildman–Crippen LogP) is 2.49. The first-order valence-corrected chi connectivity index (χ1v) is 5.08. The molecule has 2 N–H and O–H groups in total. The maximum Gasteiger partial charge on any atom is 0.259 e. The molecule has 0 aliphatic carbocycles. The Bertz CT molecular complexity index is 477. The number of nitrogens with zero attached hydrogens (tertiary/aromatic N) is 1. The summed E-state index contributed by atoms with van der Waals surface area (Å²) in [6.45, 7) is 0. The second-order valence-electron chi connectivity index (χ2n) is 2.70. The van der Waals surface area contributed by atoms with Gasteiger partial charge in [0.25, 0.3) is 5.91 Å². The number of primary amides is 1. The van der Waals surface area contributed by atoms with E-state index in [9.17, 15) is 4.79 Å². The number of hydrogen-bond donors (Lipinski definition) is 1. The van der Waals surface area contributed by atoms with Gasteiger partial charge in [0.15, 0.2) is 0 Å². The number of rotatable bonds is 2. The molecule has 0 saturated heterocycles. The number of hydrogen-bond acceptors (Lipinski definition) is 2. The van der Waals surface area contributed by atoms with Crippen LogP contribution >= 0.6 is 27.5 Å². The summed E-state index contributed by atoms with van der Waals surface area (Å²) < 4.78 is 0.737. The fourth-order valence-corrected chi connectivity index (χ4v) is 1.48. The van der Waals surface area contributed by atoms with E-state index in [1.807, 2.05) is 0 Å². The zero-order valence-electron chi connectivity index (χ0n) is 7.50. The van der Waals surface area contributed by atoms with E-state index >= 15 is 0 Å². The molecule has 0 fully saturated rings. The highest BCUT2D eigenvalue weighted by atomic mass is 79.9. The summed E-state index contributed by atoms with van der Waals surface area (Å²) in [5, 5.41) is 9.17. The van der Waals surface area contributed by atoms with Crippen LogP contribution in [0.25, 0.3) is 6.08 Å². The highest BCUT2D eigenvalue weighted by molar-refractivity contribution is 9.10. The van der Waals surface area contributed by atoms with Crippen molar-refractivity contribution in [1.29, 1.82) is 5.26 Å². The highest BCUT2D eigenvalue weighted by Gasteiger charge is 2.05. The predicted molar refractivity (Wildman–Crippen MR) is 61.9 cm³/mol. The number of nitriles is 1. The van der Waals surface area contributed by atoms with Crippen molar-refractivity contribution in [3.8, 4) is 6.07 Å². The topological polar surface area (TPSA) is 66.9 Å². The Morgan fingerprint density at radius 2 is 2.27 bits per heavy atom. The van der Waals surface area contributed by atoms with Crippen LogP contribution in [0.2, 0.25) is 5.02 Å². The van der Waals surface area contributed by atoms with Crippen LogP contribution in [-0.4, -0.2) is 5.91 Å². The largest absolute Gasteiger partial charge is 0.365 e. The Balaban J connectivity index is 3.23. The first-order valence-electron chi connectivity index (χ1n) is 3.91. The van der Waals surface area contributed by atoms with Gasteiger partial charge in [-0.05, 0) is 29.8 Å². The van der Waals surface area contributed by atoms with Gasteiger partial charge in [-0.3, -0.25) is 4.79 Å². The monoisotopic (exact) mass is 284 g/mol. The molecule has 0 atom stereocenters. The van der Waals surface area contributed by atoms with E-state index in [0.29, 0.717) is 10.6 Å². The second-order valence-corrected chi connectivity index (χ2v) is 3.99. The van der Waals surface area contributed by atoms with Crippen LogP contribution in [0, 0.1) is 11.3 Å². The normalized spacial score (nSPS) is 10.9. The number of carbonyl (C=O) groups excluding carboxylic acids is 1. The molecular formula is C10H6BrClN2O. The highest BCUT2D eigenvalue weighted by Crippen LogP contribution is 2.23. The van der Waals surface area contributed by atoms with Crippen molar-refractivity contribution in [3.63, 3.8) is 0 Å². The summed E-state index contributed by atoms with van der Waals surface area (Å²) in [5.41, 5.74) is 5.53. The minimum Gasteiger partial charge on any atom is -0.365 e. The molecule has 15 heavy (non-hydrogen) atoms. The van der Waals surface area contributed by atoms with Gasteiger partial charge in [-0.15, -0.1) is 0 Å². The van der Waals surface area contributed by atoms with Crippen molar-refractivity contribution in [1.82, 2.24) is 0 Å². The maximum atomic E-state index is 10.8. The molecule has 0 bridgehead atoms. The third-order valence-electron chi connectivity index (χ3n) is 1.64. The van der Waals surface area contributed by atoms with E-state index in [1.54, 1.807) is 24.3 Å². The molecule has 0 aliphatic rings. The standard InChI is InChI=1S/C10H6BrClN2O/c11-9-2-1-8(12)4-6(9)3-7(5-13)10(14)15/h1-4H,(H2,14,15)/b7-3+. The van der Waals surface area contributed by atoms with E-state index < -0.39 is 5.91 Å². The van der Waals surface area contributed by atoms with Crippen LogP contribution in [0.1, 0.15) is 5.56 Å². The second kappa shape index (κ2) is 4.96. The fourth-order valence-electron chi connectivity index (χ4n) is 0.939. The number of halogens is 2. The molecule has 0 unspecified atom stereocenters. The lowest BCUT2D eigenvalue weighted by molar-refractivity contribution is -0.114. The van der Waals surface area contributed by atoms with Crippen LogP contribution in [-0.2, 0) is 4.79 Å². The number of nitrogens with two attached hydrogens (primary N) is 1. The zero-order chi connectivity index (χ0) is 11.4. The van der Waals surface area contributed by atoms with Gasteiger partial charge in [0.05, 0.1) is 0 Å². The van der Waals surface area contributed by atoms with E-state index in [2.05, 4.69) is 15.9 Å². The average molecular weight is 286 g/mol. The molecule has 0 saturated carbocycles. The molecule has 1 aromatic rings. The lowest BCUT2D eigenvalue weighted by Crippen LogP contribution is -2.12.